The standard InChI is InChI=1S/C16H21BN2O3/c1-15(2)16(3,4)22-17(21-15)12-5-6-13-11(9-12)7-8-19(13)10-14(18)20/h5-9H,10H2,1-4H3,(H2,18,20). The third-order valence-corrected chi connectivity index (χ3v) is 4.65. The summed E-state index contributed by atoms with van der Waals surface area (Å²) in [5.41, 5.74) is 6.50. The number of rotatable bonds is 3. The fraction of sp³-hybridized carbons (Fsp3) is 0.438. The summed E-state index contributed by atoms with van der Waals surface area (Å²) in [6.45, 7) is 8.33. The number of nitrogens with zero attached hydrogens (tertiary/aromatic N) is 1. The molecule has 1 fully saturated rings. The Morgan fingerprint density at radius 1 is 1.18 bits per heavy atom. The van der Waals surface area contributed by atoms with E-state index in [0.29, 0.717) is 0 Å². The lowest BCUT2D eigenvalue weighted by molar-refractivity contribution is -0.118. The van der Waals surface area contributed by atoms with Crippen LogP contribution in [0.4, 0.5) is 0 Å². The van der Waals surface area contributed by atoms with Crippen LogP contribution < -0.4 is 11.2 Å². The Balaban J connectivity index is 1.92. The van der Waals surface area contributed by atoms with Crippen molar-refractivity contribution >= 4 is 29.4 Å². The SMILES string of the molecule is CC1(C)OB(c2ccc3c(ccn3CC(N)=O)c2)OC1(C)C. The number of aromatic nitrogens is 1. The largest absolute Gasteiger partial charge is 0.494 e. The smallest absolute Gasteiger partial charge is 0.399 e. The Labute approximate surface area is 130 Å². The van der Waals surface area contributed by atoms with Crippen molar-refractivity contribution in [2.45, 2.75) is 45.4 Å². The lowest BCUT2D eigenvalue weighted by atomic mass is 9.79. The molecule has 0 bridgehead atoms. The molecule has 22 heavy (non-hydrogen) atoms. The van der Waals surface area contributed by atoms with Gasteiger partial charge in [-0.2, -0.15) is 0 Å². The van der Waals surface area contributed by atoms with Gasteiger partial charge < -0.3 is 19.6 Å². The second-order valence-corrected chi connectivity index (χ2v) is 6.82. The van der Waals surface area contributed by atoms with Gasteiger partial charge in [0.15, 0.2) is 0 Å². The van der Waals surface area contributed by atoms with E-state index in [1.165, 1.54) is 0 Å². The van der Waals surface area contributed by atoms with Crippen LogP contribution in [-0.2, 0) is 20.6 Å². The molecule has 1 aromatic heterocycles. The zero-order valence-corrected chi connectivity index (χ0v) is 13.4. The molecule has 5 nitrogen and oxygen atoms in total. The second kappa shape index (κ2) is 4.86. The fourth-order valence-corrected chi connectivity index (χ4v) is 2.65. The number of hydrogen-bond donors (Lipinski definition) is 1. The molecule has 0 saturated carbocycles. The maximum Gasteiger partial charge on any atom is 0.494 e. The van der Waals surface area contributed by atoms with Crippen LogP contribution in [0, 0.1) is 0 Å². The highest BCUT2D eigenvalue weighted by Gasteiger charge is 2.51. The summed E-state index contributed by atoms with van der Waals surface area (Å²) in [6.07, 6.45) is 1.86. The number of fused-ring (bicyclic) bond motifs is 1. The summed E-state index contributed by atoms with van der Waals surface area (Å²) in [7, 11) is -0.381. The van der Waals surface area contributed by atoms with Gasteiger partial charge in [0.1, 0.15) is 6.54 Å². The summed E-state index contributed by atoms with van der Waals surface area (Å²) in [5.74, 6) is -0.354. The first-order valence-corrected chi connectivity index (χ1v) is 7.42. The average Bonchev–Trinajstić information content (AvgIpc) is 2.88. The van der Waals surface area contributed by atoms with E-state index in [1.807, 2.05) is 62.7 Å². The minimum Gasteiger partial charge on any atom is -0.399 e. The van der Waals surface area contributed by atoms with Gasteiger partial charge in [-0.3, -0.25) is 4.79 Å². The average molecular weight is 300 g/mol. The molecule has 0 aliphatic carbocycles. The predicted octanol–water partition coefficient (Wildman–Crippen LogP) is 1.43. The Kier molecular flexibility index (Phi) is 3.34. The number of hydrogen-bond acceptors (Lipinski definition) is 3. The number of nitrogens with two attached hydrogens (primary N) is 1. The second-order valence-electron chi connectivity index (χ2n) is 6.82. The van der Waals surface area contributed by atoms with Crippen molar-refractivity contribution in [3.05, 3.63) is 30.5 Å². The van der Waals surface area contributed by atoms with E-state index in [-0.39, 0.29) is 30.8 Å². The topological polar surface area (TPSA) is 66.5 Å². The molecule has 1 amide bonds. The van der Waals surface area contributed by atoms with Gasteiger partial charge in [0.05, 0.1) is 11.2 Å². The van der Waals surface area contributed by atoms with Crippen LogP contribution in [0.1, 0.15) is 27.7 Å². The van der Waals surface area contributed by atoms with Crippen LogP contribution in [0.5, 0.6) is 0 Å². The predicted molar refractivity (Wildman–Crippen MR) is 86.8 cm³/mol. The molecule has 2 N–H and O–H groups in total. The molecule has 6 heteroatoms. The molecule has 116 valence electrons. The Hall–Kier alpha value is -1.79. The van der Waals surface area contributed by atoms with Crippen molar-refractivity contribution in [2.24, 2.45) is 5.73 Å². The molecule has 2 heterocycles. The summed E-state index contributed by atoms with van der Waals surface area (Å²) in [4.78, 5) is 11.1. The summed E-state index contributed by atoms with van der Waals surface area (Å²) < 4.78 is 14.0. The monoisotopic (exact) mass is 300 g/mol. The van der Waals surface area contributed by atoms with E-state index in [4.69, 9.17) is 15.0 Å². The highest BCUT2D eigenvalue weighted by Crippen LogP contribution is 2.36. The fourth-order valence-electron chi connectivity index (χ4n) is 2.65. The van der Waals surface area contributed by atoms with Crippen LogP contribution in [0.25, 0.3) is 10.9 Å². The molecular weight excluding hydrogens is 279 g/mol. The van der Waals surface area contributed by atoms with E-state index < -0.39 is 0 Å². The van der Waals surface area contributed by atoms with E-state index in [9.17, 15) is 4.79 Å². The lowest BCUT2D eigenvalue weighted by Crippen LogP contribution is -2.41. The zero-order valence-electron chi connectivity index (χ0n) is 13.4. The van der Waals surface area contributed by atoms with Gasteiger partial charge in [0.2, 0.25) is 5.91 Å². The van der Waals surface area contributed by atoms with Crippen molar-refractivity contribution in [1.29, 1.82) is 0 Å². The number of benzene rings is 1. The van der Waals surface area contributed by atoms with E-state index in [2.05, 4.69) is 0 Å². The third-order valence-electron chi connectivity index (χ3n) is 4.65. The minimum absolute atomic E-state index is 0.180. The van der Waals surface area contributed by atoms with Gasteiger partial charge in [0, 0.05) is 11.7 Å². The molecule has 2 aromatic rings. The van der Waals surface area contributed by atoms with Gasteiger partial charge in [-0.25, -0.2) is 0 Å². The van der Waals surface area contributed by atoms with Crippen molar-refractivity contribution in [1.82, 2.24) is 4.57 Å². The summed E-state index contributed by atoms with van der Waals surface area (Å²) in [5, 5.41) is 1.04. The number of carbonyl (C=O) groups is 1. The van der Waals surface area contributed by atoms with Gasteiger partial charge in [-0.1, -0.05) is 12.1 Å². The summed E-state index contributed by atoms with van der Waals surface area (Å²) in [6, 6.07) is 7.95. The van der Waals surface area contributed by atoms with Crippen molar-refractivity contribution in [2.75, 3.05) is 0 Å². The molecule has 0 unspecified atom stereocenters. The molecule has 0 spiro atoms. The molecule has 1 aliphatic heterocycles. The quantitative estimate of drug-likeness (QED) is 0.872. The van der Waals surface area contributed by atoms with E-state index >= 15 is 0 Å². The first kappa shape index (κ1) is 15.1. The first-order chi connectivity index (χ1) is 10.2. The Morgan fingerprint density at radius 3 is 2.41 bits per heavy atom. The molecule has 1 aliphatic rings. The van der Waals surface area contributed by atoms with Crippen LogP contribution in [-0.4, -0.2) is 28.8 Å². The number of amides is 1. The van der Waals surface area contributed by atoms with Crippen LogP contribution in [0.2, 0.25) is 0 Å². The van der Waals surface area contributed by atoms with Crippen LogP contribution in [0.15, 0.2) is 30.5 Å². The van der Waals surface area contributed by atoms with Gasteiger partial charge in [-0.15, -0.1) is 0 Å². The minimum atomic E-state index is -0.381. The zero-order chi connectivity index (χ0) is 16.1. The molecule has 3 rings (SSSR count). The highest BCUT2D eigenvalue weighted by atomic mass is 16.7. The Bertz CT molecular complexity index is 720. The van der Waals surface area contributed by atoms with Crippen molar-refractivity contribution in [3.8, 4) is 0 Å². The van der Waals surface area contributed by atoms with Crippen LogP contribution in [0.3, 0.4) is 0 Å². The van der Waals surface area contributed by atoms with Gasteiger partial charge >= 0.3 is 7.12 Å². The molecule has 1 saturated heterocycles. The van der Waals surface area contributed by atoms with Crippen molar-refractivity contribution < 1.29 is 14.1 Å². The van der Waals surface area contributed by atoms with E-state index in [0.717, 1.165) is 16.4 Å². The van der Waals surface area contributed by atoms with Crippen molar-refractivity contribution in [3.63, 3.8) is 0 Å². The maximum absolute atomic E-state index is 11.1. The number of carbonyl (C=O) groups excluding carboxylic acids is 1. The molecule has 0 atom stereocenters. The molecular formula is C16H21BN2O3. The number of primary amides is 1. The van der Waals surface area contributed by atoms with Gasteiger partial charge in [0.25, 0.3) is 0 Å². The van der Waals surface area contributed by atoms with Gasteiger partial charge in [-0.05, 0) is 50.7 Å². The van der Waals surface area contributed by atoms with E-state index in [1.54, 1.807) is 0 Å². The molecule has 1 aromatic carbocycles. The maximum atomic E-state index is 11.1. The third kappa shape index (κ3) is 2.42. The normalized spacial score (nSPS) is 19.7. The first-order valence-electron chi connectivity index (χ1n) is 7.42. The lowest BCUT2D eigenvalue weighted by Gasteiger charge is -2.32. The molecule has 0 radical (unpaired) electrons. The highest BCUT2D eigenvalue weighted by molar-refractivity contribution is 6.62. The summed E-state index contributed by atoms with van der Waals surface area (Å²) >= 11 is 0. The van der Waals surface area contributed by atoms with Crippen LogP contribution >= 0.6 is 0 Å². The Morgan fingerprint density at radius 2 is 1.82 bits per heavy atom.